The summed E-state index contributed by atoms with van der Waals surface area (Å²) in [6.07, 6.45) is 73.1. The molecule has 0 N–H and O–H groups in total. The number of unbranched alkanes of at least 4 members (excludes halogenated alkanes) is 7. The number of quaternary nitrogens is 1. The molecule has 8 heteroatoms. The molecule has 0 aromatic carbocycles. The standard InChI is InChI=1S/C61H95NO7/c1-6-8-10-12-14-16-18-20-22-24-26-28-30-32-34-36-38-40-42-44-46-48-50-52-60(64)69-57(55-67-54-53-58(61(65)66)62(3,4)5)56-68-59(63)51-49-47-45-43-41-39-37-35-33-31-29-27-25-23-21-19-17-15-13-11-9-7-2/h8-11,14-17,20-23,26-29,32-35,38,40,44,46,57-58H,6-7,12-13,18-19,24-25,30-31,36-37,39,41-43,45,47-56H2,1-5H3/b10-8+,11-9+,16-14+,17-15+,22-20+,23-21+,28-26+,29-27+,34-32+,35-33+,40-38+,46-44+. The van der Waals surface area contributed by atoms with Gasteiger partial charge in [0.1, 0.15) is 12.6 Å². The molecule has 0 aromatic heterocycles. The lowest BCUT2D eigenvalue weighted by atomic mass is 10.1. The highest BCUT2D eigenvalue weighted by Gasteiger charge is 2.25. The highest BCUT2D eigenvalue weighted by atomic mass is 16.6. The molecular formula is C61H95NO7. The van der Waals surface area contributed by atoms with E-state index in [0.717, 1.165) is 116 Å². The molecule has 2 atom stereocenters. The number of hydrogen-bond acceptors (Lipinski definition) is 7. The Morgan fingerprint density at radius 2 is 0.783 bits per heavy atom. The van der Waals surface area contributed by atoms with Gasteiger partial charge in [-0.25, -0.2) is 0 Å². The third-order valence-corrected chi connectivity index (χ3v) is 10.7. The van der Waals surface area contributed by atoms with E-state index in [0.29, 0.717) is 12.8 Å². The number of carboxylic acids is 1. The topological polar surface area (TPSA) is 102 Å². The Morgan fingerprint density at radius 1 is 0.435 bits per heavy atom. The Morgan fingerprint density at radius 3 is 1.17 bits per heavy atom. The normalized spacial score (nSPS) is 14.0. The first-order valence-corrected chi connectivity index (χ1v) is 26.4. The van der Waals surface area contributed by atoms with Gasteiger partial charge in [0, 0.05) is 19.3 Å². The molecule has 0 rings (SSSR count). The van der Waals surface area contributed by atoms with E-state index in [1.807, 2.05) is 0 Å². The molecule has 0 aliphatic heterocycles. The van der Waals surface area contributed by atoms with Crippen molar-refractivity contribution in [1.82, 2.24) is 0 Å². The third kappa shape index (κ3) is 48.0. The molecule has 0 radical (unpaired) electrons. The van der Waals surface area contributed by atoms with Crippen LogP contribution in [0.3, 0.4) is 0 Å². The number of carbonyl (C=O) groups is 3. The molecule has 0 aromatic rings. The van der Waals surface area contributed by atoms with Crippen molar-refractivity contribution >= 4 is 17.9 Å². The van der Waals surface area contributed by atoms with Crippen LogP contribution in [0.2, 0.25) is 0 Å². The fraction of sp³-hybridized carbons (Fsp3) is 0.557. The van der Waals surface area contributed by atoms with Crippen molar-refractivity contribution in [2.45, 2.75) is 180 Å². The largest absolute Gasteiger partial charge is 0.544 e. The van der Waals surface area contributed by atoms with Crippen LogP contribution in [0, 0.1) is 0 Å². The van der Waals surface area contributed by atoms with Crippen molar-refractivity contribution in [3.63, 3.8) is 0 Å². The number of allylic oxidation sites excluding steroid dienone is 24. The molecule has 2 unspecified atom stereocenters. The maximum atomic E-state index is 12.8. The monoisotopic (exact) mass is 954 g/mol. The van der Waals surface area contributed by atoms with Gasteiger partial charge < -0.3 is 28.6 Å². The summed E-state index contributed by atoms with van der Waals surface area (Å²) in [6, 6.07) is -0.750. The Kier molecular flexibility index (Phi) is 46.2. The molecule has 0 saturated carbocycles. The van der Waals surface area contributed by atoms with Crippen molar-refractivity contribution in [2.75, 3.05) is 41.0 Å². The van der Waals surface area contributed by atoms with Gasteiger partial charge >= 0.3 is 11.9 Å². The zero-order chi connectivity index (χ0) is 50.6. The summed E-state index contributed by atoms with van der Waals surface area (Å²) in [4.78, 5) is 37.1. The van der Waals surface area contributed by atoms with E-state index >= 15 is 0 Å². The van der Waals surface area contributed by atoms with Gasteiger partial charge in [0.2, 0.25) is 0 Å². The average molecular weight is 954 g/mol. The van der Waals surface area contributed by atoms with Gasteiger partial charge in [0.25, 0.3) is 0 Å². The lowest BCUT2D eigenvalue weighted by Crippen LogP contribution is -2.55. The van der Waals surface area contributed by atoms with E-state index in [4.69, 9.17) is 14.2 Å². The first-order chi connectivity index (χ1) is 33.6. The van der Waals surface area contributed by atoms with E-state index in [2.05, 4.69) is 160 Å². The predicted molar refractivity (Wildman–Crippen MR) is 290 cm³/mol. The second-order valence-corrected chi connectivity index (χ2v) is 18.0. The molecule has 0 aliphatic carbocycles. The fourth-order valence-corrected chi connectivity index (χ4v) is 6.73. The summed E-state index contributed by atoms with van der Waals surface area (Å²) in [5.41, 5.74) is 0. The van der Waals surface area contributed by atoms with E-state index in [1.165, 1.54) is 12.8 Å². The number of esters is 2. The van der Waals surface area contributed by atoms with Gasteiger partial charge in [-0.2, -0.15) is 0 Å². The van der Waals surface area contributed by atoms with E-state index in [9.17, 15) is 19.5 Å². The summed E-state index contributed by atoms with van der Waals surface area (Å²) in [7, 11) is 5.37. The summed E-state index contributed by atoms with van der Waals surface area (Å²) >= 11 is 0. The number of likely N-dealkylation sites (N-methyl/N-ethyl adjacent to an activating group) is 1. The van der Waals surface area contributed by atoms with Gasteiger partial charge in [0.05, 0.1) is 40.3 Å². The number of hydrogen-bond donors (Lipinski definition) is 0. The number of ether oxygens (including phenoxy) is 3. The zero-order valence-electron chi connectivity index (χ0n) is 43.9. The third-order valence-electron chi connectivity index (χ3n) is 10.7. The van der Waals surface area contributed by atoms with Gasteiger partial charge in [-0.15, -0.1) is 0 Å². The molecule has 69 heavy (non-hydrogen) atoms. The smallest absolute Gasteiger partial charge is 0.306 e. The first kappa shape index (κ1) is 64.2. The Balaban J connectivity index is 4.42. The molecule has 0 saturated heterocycles. The number of nitrogens with zero attached hydrogens (tertiary/aromatic N) is 1. The van der Waals surface area contributed by atoms with Crippen LogP contribution in [0.4, 0.5) is 0 Å². The van der Waals surface area contributed by atoms with E-state index in [-0.39, 0.29) is 49.1 Å². The van der Waals surface area contributed by atoms with Gasteiger partial charge in [-0.1, -0.05) is 185 Å². The van der Waals surface area contributed by atoms with Crippen LogP contribution in [0.1, 0.15) is 168 Å². The van der Waals surface area contributed by atoms with Crippen molar-refractivity contribution in [3.8, 4) is 0 Å². The molecule has 386 valence electrons. The van der Waals surface area contributed by atoms with Gasteiger partial charge in [-0.3, -0.25) is 9.59 Å². The van der Waals surface area contributed by atoms with Crippen LogP contribution in [0.5, 0.6) is 0 Å². The second kappa shape index (κ2) is 49.6. The highest BCUT2D eigenvalue weighted by Crippen LogP contribution is 2.12. The second-order valence-electron chi connectivity index (χ2n) is 18.0. The van der Waals surface area contributed by atoms with Crippen molar-refractivity contribution < 1.29 is 38.2 Å². The number of carboxylic acid groups (broad SMARTS) is 1. The summed E-state index contributed by atoms with van der Waals surface area (Å²) in [5, 5.41) is 11.7. The van der Waals surface area contributed by atoms with Gasteiger partial charge in [-0.05, 0) is 109 Å². The molecule has 8 nitrogen and oxygen atoms in total. The van der Waals surface area contributed by atoms with Crippen LogP contribution in [0.15, 0.2) is 146 Å². The molecular weight excluding hydrogens is 859 g/mol. The van der Waals surface area contributed by atoms with Crippen LogP contribution in [0.25, 0.3) is 0 Å². The average Bonchev–Trinajstić information content (AvgIpc) is 3.31. The lowest BCUT2D eigenvalue weighted by molar-refractivity contribution is -0.889. The Labute approximate surface area is 421 Å². The summed E-state index contributed by atoms with van der Waals surface area (Å²) in [5.74, 6) is -1.85. The zero-order valence-corrected chi connectivity index (χ0v) is 43.9. The molecule has 0 bridgehead atoms. The van der Waals surface area contributed by atoms with Crippen LogP contribution < -0.4 is 5.11 Å². The number of carbonyl (C=O) groups excluding carboxylic acids is 3. The van der Waals surface area contributed by atoms with Crippen molar-refractivity contribution in [1.29, 1.82) is 0 Å². The molecule has 0 heterocycles. The Bertz CT molecular complexity index is 1630. The maximum Gasteiger partial charge on any atom is 0.306 e. The quantitative estimate of drug-likeness (QED) is 0.0259. The van der Waals surface area contributed by atoms with Crippen molar-refractivity contribution in [3.05, 3.63) is 146 Å². The summed E-state index contributed by atoms with van der Waals surface area (Å²) < 4.78 is 17.2. The van der Waals surface area contributed by atoms with Crippen LogP contribution in [-0.2, 0) is 28.6 Å². The highest BCUT2D eigenvalue weighted by molar-refractivity contribution is 5.70. The number of aliphatic carboxylic acids is 1. The van der Waals surface area contributed by atoms with E-state index in [1.54, 1.807) is 21.1 Å². The first-order valence-electron chi connectivity index (χ1n) is 26.4. The number of rotatable bonds is 45. The maximum absolute atomic E-state index is 12.8. The van der Waals surface area contributed by atoms with Gasteiger partial charge in [0.15, 0.2) is 6.10 Å². The SMILES string of the molecule is CC/C=C/C/C=C/C/C=C/C/C=C/C/C=C/C/C=C/C/C=C/CCCC(=O)OC(COCCC(C(=O)[O-])[N+](C)(C)C)COC(=O)CCCCCCCC/C=C/C/C=C/C/C=C/C/C=C/C/C=C/CC. The minimum absolute atomic E-state index is 0.00140. The van der Waals surface area contributed by atoms with Crippen LogP contribution >= 0.6 is 0 Å². The Hall–Kier alpha value is -4.79. The molecule has 0 amide bonds. The fourth-order valence-electron chi connectivity index (χ4n) is 6.73. The van der Waals surface area contributed by atoms with E-state index < -0.39 is 18.1 Å². The summed E-state index contributed by atoms with van der Waals surface area (Å²) in [6.45, 7) is 4.34. The van der Waals surface area contributed by atoms with Crippen LogP contribution in [-0.4, -0.2) is 75.5 Å². The predicted octanol–water partition coefficient (Wildman–Crippen LogP) is 14.4. The lowest BCUT2D eigenvalue weighted by Gasteiger charge is -2.34. The molecule has 0 fully saturated rings. The minimum Gasteiger partial charge on any atom is -0.544 e. The molecule has 0 spiro atoms. The molecule has 0 aliphatic rings. The van der Waals surface area contributed by atoms with Crippen molar-refractivity contribution in [2.24, 2.45) is 0 Å². The minimum atomic E-state index is -1.14.